The van der Waals surface area contributed by atoms with E-state index in [1.807, 2.05) is 48.5 Å². The van der Waals surface area contributed by atoms with Crippen LogP contribution in [-0.4, -0.2) is 59.4 Å². The van der Waals surface area contributed by atoms with Crippen molar-refractivity contribution in [3.63, 3.8) is 0 Å². The van der Waals surface area contributed by atoms with Gasteiger partial charge in [0.1, 0.15) is 6.61 Å². The molecule has 10 heteroatoms. The Hall–Kier alpha value is -3.56. The van der Waals surface area contributed by atoms with E-state index in [1.54, 1.807) is 5.32 Å². The zero-order valence-electron chi connectivity index (χ0n) is 19.0. The molecule has 0 spiro atoms. The van der Waals surface area contributed by atoms with Crippen LogP contribution in [-0.2, 0) is 14.3 Å². The molecular formula is C25H25F3N2O5. The van der Waals surface area contributed by atoms with Crippen LogP contribution in [0.5, 0.6) is 0 Å². The molecule has 1 heterocycles. The van der Waals surface area contributed by atoms with Gasteiger partial charge in [-0.05, 0) is 42.0 Å². The van der Waals surface area contributed by atoms with Crippen molar-refractivity contribution in [2.24, 2.45) is 5.92 Å². The van der Waals surface area contributed by atoms with Crippen molar-refractivity contribution in [1.82, 2.24) is 10.2 Å². The molecular weight excluding hydrogens is 465 g/mol. The number of aliphatic carboxylic acids is 1. The van der Waals surface area contributed by atoms with Crippen molar-refractivity contribution < 1.29 is 37.4 Å². The van der Waals surface area contributed by atoms with Gasteiger partial charge in [0.2, 0.25) is 5.54 Å². The van der Waals surface area contributed by atoms with Gasteiger partial charge in [-0.25, -0.2) is 4.79 Å². The fourth-order valence-corrected chi connectivity index (χ4v) is 4.76. The Labute approximate surface area is 199 Å². The lowest BCUT2D eigenvalue weighted by molar-refractivity contribution is -0.201. The molecule has 2 aliphatic rings. The maximum atomic E-state index is 14.0. The maximum Gasteiger partial charge on any atom is 0.420 e. The van der Waals surface area contributed by atoms with Gasteiger partial charge in [-0.1, -0.05) is 48.5 Å². The van der Waals surface area contributed by atoms with Crippen LogP contribution in [0.3, 0.4) is 0 Å². The zero-order valence-corrected chi connectivity index (χ0v) is 19.0. The number of halogens is 3. The molecule has 4 rings (SSSR count). The number of carbonyl (C=O) groups is 3. The zero-order chi connectivity index (χ0) is 25.4. The Morgan fingerprint density at radius 2 is 1.63 bits per heavy atom. The normalized spacial score (nSPS) is 19.3. The highest BCUT2D eigenvalue weighted by atomic mass is 19.4. The third-order valence-electron chi connectivity index (χ3n) is 6.75. The van der Waals surface area contributed by atoms with Gasteiger partial charge in [-0.15, -0.1) is 0 Å². The minimum absolute atomic E-state index is 0.0271. The van der Waals surface area contributed by atoms with E-state index < -0.39 is 35.6 Å². The summed E-state index contributed by atoms with van der Waals surface area (Å²) in [6.45, 7) is -0.0270. The number of nitrogens with one attached hydrogen (secondary N) is 1. The number of benzene rings is 2. The first kappa shape index (κ1) is 24.6. The van der Waals surface area contributed by atoms with E-state index in [2.05, 4.69) is 0 Å². The minimum Gasteiger partial charge on any atom is -0.481 e. The molecule has 1 aliphatic carbocycles. The van der Waals surface area contributed by atoms with E-state index >= 15 is 0 Å². The van der Waals surface area contributed by atoms with E-state index in [9.17, 15) is 32.7 Å². The summed E-state index contributed by atoms with van der Waals surface area (Å²) in [7, 11) is 0. The Bertz CT molecular complexity index is 1110. The molecule has 2 unspecified atom stereocenters. The summed E-state index contributed by atoms with van der Waals surface area (Å²) in [6.07, 6.45) is -6.00. The van der Waals surface area contributed by atoms with E-state index in [0.29, 0.717) is 6.92 Å². The van der Waals surface area contributed by atoms with Crippen LogP contribution in [0.4, 0.5) is 18.0 Å². The van der Waals surface area contributed by atoms with Crippen LogP contribution < -0.4 is 5.32 Å². The summed E-state index contributed by atoms with van der Waals surface area (Å²) in [4.78, 5) is 37.6. The van der Waals surface area contributed by atoms with Crippen molar-refractivity contribution in [2.45, 2.75) is 37.4 Å². The van der Waals surface area contributed by atoms with Crippen LogP contribution in [0.2, 0.25) is 0 Å². The molecule has 2 aromatic rings. The number of piperidine rings is 1. The number of amides is 2. The van der Waals surface area contributed by atoms with Gasteiger partial charge < -0.3 is 14.7 Å². The number of likely N-dealkylation sites (tertiary alicyclic amines) is 1. The first-order valence-electron chi connectivity index (χ1n) is 11.2. The number of carbonyl (C=O) groups excluding carboxylic acids is 2. The number of carboxylic acids is 1. The number of alkyl carbamates (subject to hydrolysis) is 1. The van der Waals surface area contributed by atoms with E-state index in [-0.39, 0.29) is 38.5 Å². The number of ether oxygens (including phenoxy) is 1. The molecule has 2 amide bonds. The van der Waals surface area contributed by atoms with Gasteiger partial charge in [0.05, 0.1) is 5.92 Å². The minimum atomic E-state index is -5.13. The average Bonchev–Trinajstić information content (AvgIpc) is 3.15. The lowest BCUT2D eigenvalue weighted by atomic mass is 9.94. The Balaban J connectivity index is 1.49. The number of alkyl halides is 3. The van der Waals surface area contributed by atoms with Gasteiger partial charge in [0.25, 0.3) is 5.91 Å². The number of carboxylic acid groups (broad SMARTS) is 1. The topological polar surface area (TPSA) is 95.9 Å². The molecule has 2 aromatic carbocycles. The predicted octanol–water partition coefficient (Wildman–Crippen LogP) is 4.17. The highest BCUT2D eigenvalue weighted by Crippen LogP contribution is 2.44. The molecule has 1 fully saturated rings. The van der Waals surface area contributed by atoms with Crippen LogP contribution in [0.15, 0.2) is 48.5 Å². The smallest absolute Gasteiger partial charge is 0.420 e. The lowest BCUT2D eigenvalue weighted by Gasteiger charge is -2.39. The SMILES string of the molecule is CC(NC(=O)OCC1c2ccccc2-c2ccccc21)(C(=O)N1CCCC(C(=O)O)C1)C(F)(F)F. The van der Waals surface area contributed by atoms with Gasteiger partial charge in [-0.3, -0.25) is 14.9 Å². The fraction of sp³-hybridized carbons (Fsp3) is 0.400. The lowest BCUT2D eigenvalue weighted by Crippen LogP contribution is -2.66. The molecule has 0 radical (unpaired) electrons. The second-order valence-corrected chi connectivity index (χ2v) is 9.00. The molecule has 35 heavy (non-hydrogen) atoms. The van der Waals surface area contributed by atoms with Crippen molar-refractivity contribution in [3.8, 4) is 11.1 Å². The van der Waals surface area contributed by atoms with Gasteiger partial charge in [-0.2, -0.15) is 13.2 Å². The van der Waals surface area contributed by atoms with Gasteiger partial charge in [0, 0.05) is 19.0 Å². The second-order valence-electron chi connectivity index (χ2n) is 9.00. The maximum absolute atomic E-state index is 14.0. The molecule has 0 aromatic heterocycles. The molecule has 186 valence electrons. The van der Waals surface area contributed by atoms with Gasteiger partial charge >= 0.3 is 18.2 Å². The number of hydrogen-bond acceptors (Lipinski definition) is 4. The summed E-state index contributed by atoms with van der Waals surface area (Å²) in [5.74, 6) is -3.91. The van der Waals surface area contributed by atoms with Crippen LogP contribution in [0.1, 0.15) is 36.8 Å². The monoisotopic (exact) mass is 490 g/mol. The Morgan fingerprint density at radius 1 is 1.06 bits per heavy atom. The molecule has 1 aliphatic heterocycles. The largest absolute Gasteiger partial charge is 0.481 e. The molecule has 1 saturated heterocycles. The van der Waals surface area contributed by atoms with Crippen molar-refractivity contribution in [2.75, 3.05) is 19.7 Å². The van der Waals surface area contributed by atoms with Crippen LogP contribution >= 0.6 is 0 Å². The molecule has 0 saturated carbocycles. The first-order valence-corrected chi connectivity index (χ1v) is 11.2. The Morgan fingerprint density at radius 3 is 2.17 bits per heavy atom. The fourth-order valence-electron chi connectivity index (χ4n) is 4.76. The summed E-state index contributed by atoms with van der Waals surface area (Å²) in [6, 6.07) is 15.0. The highest BCUT2D eigenvalue weighted by Gasteiger charge is 2.60. The number of rotatable bonds is 5. The Kier molecular flexibility index (Phi) is 6.48. The summed E-state index contributed by atoms with van der Waals surface area (Å²) >= 11 is 0. The summed E-state index contributed by atoms with van der Waals surface area (Å²) in [5.41, 5.74) is 0.444. The number of nitrogens with zero attached hydrogens (tertiary/aromatic N) is 1. The number of hydrogen-bond donors (Lipinski definition) is 2. The second kappa shape index (κ2) is 9.24. The highest BCUT2D eigenvalue weighted by molar-refractivity contribution is 5.91. The van der Waals surface area contributed by atoms with Crippen molar-refractivity contribution >= 4 is 18.0 Å². The molecule has 2 N–H and O–H groups in total. The predicted molar refractivity (Wildman–Crippen MR) is 120 cm³/mol. The standard InChI is InChI=1S/C25H25F3N2O5/c1-24(25(26,27)28,22(33)30-12-6-7-15(13-30)21(31)32)29-23(34)35-14-20-18-10-4-2-8-16(18)17-9-3-5-11-19(17)20/h2-5,8-11,15,20H,6-7,12-14H2,1H3,(H,29,34)(H,31,32). The van der Waals surface area contributed by atoms with Crippen molar-refractivity contribution in [1.29, 1.82) is 0 Å². The van der Waals surface area contributed by atoms with Crippen LogP contribution in [0, 0.1) is 5.92 Å². The molecule has 0 bridgehead atoms. The van der Waals surface area contributed by atoms with Crippen LogP contribution in [0.25, 0.3) is 11.1 Å². The number of fused-ring (bicyclic) bond motifs is 3. The third-order valence-corrected chi connectivity index (χ3v) is 6.75. The summed E-state index contributed by atoms with van der Waals surface area (Å²) in [5, 5.41) is 10.9. The molecule has 7 nitrogen and oxygen atoms in total. The first-order chi connectivity index (χ1) is 16.5. The average molecular weight is 490 g/mol. The van der Waals surface area contributed by atoms with Crippen molar-refractivity contribution in [3.05, 3.63) is 59.7 Å². The van der Waals surface area contributed by atoms with E-state index in [1.165, 1.54) is 0 Å². The van der Waals surface area contributed by atoms with Gasteiger partial charge in [0.15, 0.2) is 0 Å². The van der Waals surface area contributed by atoms with E-state index in [4.69, 9.17) is 4.74 Å². The quantitative estimate of drug-likeness (QED) is 0.656. The summed E-state index contributed by atoms with van der Waals surface area (Å²) < 4.78 is 47.3. The molecule has 2 atom stereocenters. The van der Waals surface area contributed by atoms with E-state index in [0.717, 1.165) is 27.2 Å². The third kappa shape index (κ3) is 4.56.